The quantitative estimate of drug-likeness (QED) is 0.310. The molecule has 0 aromatic heterocycles. The van der Waals surface area contributed by atoms with Gasteiger partial charge < -0.3 is 14.8 Å². The van der Waals surface area contributed by atoms with E-state index >= 15 is 0 Å². The number of rotatable bonds is 7. The number of amides is 1. The molecule has 0 aliphatic carbocycles. The summed E-state index contributed by atoms with van der Waals surface area (Å²) in [5.41, 5.74) is 1.91. The SMILES string of the molecule is COc1ccc(NC(=O)/C(C#N)=C/c2cc(Br)ccc2OCc2ccccc2Cl)cc1. The van der Waals surface area contributed by atoms with Gasteiger partial charge in [0, 0.05) is 26.3 Å². The molecule has 3 aromatic carbocycles. The maximum atomic E-state index is 12.6. The van der Waals surface area contributed by atoms with E-state index < -0.39 is 5.91 Å². The van der Waals surface area contributed by atoms with E-state index in [1.165, 1.54) is 6.08 Å². The number of carbonyl (C=O) groups excluding carboxylic acids is 1. The van der Waals surface area contributed by atoms with Gasteiger partial charge in [0.15, 0.2) is 0 Å². The molecule has 0 spiro atoms. The molecule has 5 nitrogen and oxygen atoms in total. The highest BCUT2D eigenvalue weighted by atomic mass is 79.9. The fourth-order valence-corrected chi connectivity index (χ4v) is 3.28. The second-order valence-corrected chi connectivity index (χ2v) is 7.74. The average molecular weight is 498 g/mol. The van der Waals surface area contributed by atoms with Crippen molar-refractivity contribution in [1.29, 1.82) is 5.26 Å². The molecule has 0 heterocycles. The minimum Gasteiger partial charge on any atom is -0.497 e. The first-order valence-corrected chi connectivity index (χ1v) is 10.4. The summed E-state index contributed by atoms with van der Waals surface area (Å²) in [6.07, 6.45) is 1.49. The Bertz CT molecular complexity index is 1150. The third kappa shape index (κ3) is 6.11. The molecule has 7 heteroatoms. The summed E-state index contributed by atoms with van der Waals surface area (Å²) >= 11 is 9.62. The van der Waals surface area contributed by atoms with Crippen LogP contribution >= 0.6 is 27.5 Å². The number of nitriles is 1. The summed E-state index contributed by atoms with van der Waals surface area (Å²) in [5.74, 6) is 0.668. The Balaban J connectivity index is 1.82. The number of hydrogen-bond acceptors (Lipinski definition) is 4. The Labute approximate surface area is 194 Å². The minimum absolute atomic E-state index is 0.0588. The summed E-state index contributed by atoms with van der Waals surface area (Å²) in [5, 5.41) is 12.9. The number of anilines is 1. The molecule has 0 aliphatic heterocycles. The molecule has 31 heavy (non-hydrogen) atoms. The highest BCUT2D eigenvalue weighted by Crippen LogP contribution is 2.28. The van der Waals surface area contributed by atoms with Gasteiger partial charge in [0.1, 0.15) is 29.7 Å². The molecule has 3 rings (SSSR count). The lowest BCUT2D eigenvalue weighted by molar-refractivity contribution is -0.112. The van der Waals surface area contributed by atoms with Crippen molar-refractivity contribution in [3.05, 3.63) is 92.9 Å². The van der Waals surface area contributed by atoms with Crippen molar-refractivity contribution >= 4 is 45.2 Å². The zero-order chi connectivity index (χ0) is 22.2. The van der Waals surface area contributed by atoms with Crippen molar-refractivity contribution in [1.82, 2.24) is 0 Å². The van der Waals surface area contributed by atoms with E-state index in [2.05, 4.69) is 21.2 Å². The van der Waals surface area contributed by atoms with E-state index in [0.717, 1.165) is 10.0 Å². The van der Waals surface area contributed by atoms with Crippen LogP contribution in [0, 0.1) is 11.3 Å². The van der Waals surface area contributed by atoms with Gasteiger partial charge in [0.05, 0.1) is 7.11 Å². The summed E-state index contributed by atoms with van der Waals surface area (Å²) in [6, 6.07) is 21.6. The van der Waals surface area contributed by atoms with Gasteiger partial charge >= 0.3 is 0 Å². The van der Waals surface area contributed by atoms with Crippen molar-refractivity contribution in [2.75, 3.05) is 12.4 Å². The number of ether oxygens (including phenoxy) is 2. The van der Waals surface area contributed by atoms with Gasteiger partial charge in [-0.25, -0.2) is 0 Å². The molecule has 156 valence electrons. The lowest BCUT2D eigenvalue weighted by atomic mass is 10.1. The van der Waals surface area contributed by atoms with Crippen LogP contribution in [0.1, 0.15) is 11.1 Å². The third-order valence-electron chi connectivity index (χ3n) is 4.33. The second-order valence-electron chi connectivity index (χ2n) is 6.41. The summed E-state index contributed by atoms with van der Waals surface area (Å²) in [6.45, 7) is 0.252. The van der Waals surface area contributed by atoms with Gasteiger partial charge in [-0.2, -0.15) is 5.26 Å². The maximum absolute atomic E-state index is 12.6. The normalized spacial score (nSPS) is 10.8. The molecule has 0 bridgehead atoms. The third-order valence-corrected chi connectivity index (χ3v) is 5.19. The topological polar surface area (TPSA) is 71.3 Å². The molecule has 1 N–H and O–H groups in total. The van der Waals surface area contributed by atoms with E-state index in [4.69, 9.17) is 21.1 Å². The molecule has 0 aliphatic rings. The Morgan fingerprint density at radius 2 is 1.90 bits per heavy atom. The number of halogens is 2. The monoisotopic (exact) mass is 496 g/mol. The number of carbonyl (C=O) groups is 1. The van der Waals surface area contributed by atoms with Crippen LogP contribution in [0.4, 0.5) is 5.69 Å². The standard InChI is InChI=1S/C24H18BrClN2O3/c1-30-21-9-7-20(8-10-21)28-24(29)18(14-27)12-17-13-19(25)6-11-23(17)31-15-16-4-2-3-5-22(16)26/h2-13H,15H2,1H3,(H,28,29)/b18-12+. The van der Waals surface area contributed by atoms with Crippen LogP contribution in [0.25, 0.3) is 6.08 Å². The molecule has 0 atom stereocenters. The van der Waals surface area contributed by atoms with Crippen molar-refractivity contribution in [3.8, 4) is 17.6 Å². The highest BCUT2D eigenvalue weighted by Gasteiger charge is 2.12. The molecule has 0 saturated carbocycles. The summed E-state index contributed by atoms with van der Waals surface area (Å²) in [7, 11) is 1.56. The molecular weight excluding hydrogens is 480 g/mol. The van der Waals surface area contributed by atoms with Crippen LogP contribution in [0.5, 0.6) is 11.5 Å². The Hall–Kier alpha value is -3.27. The number of benzene rings is 3. The van der Waals surface area contributed by atoms with Crippen LogP contribution in [0.3, 0.4) is 0 Å². The molecule has 0 unspecified atom stereocenters. The average Bonchev–Trinajstić information content (AvgIpc) is 2.78. The molecule has 0 fully saturated rings. The van der Waals surface area contributed by atoms with Gasteiger partial charge in [-0.15, -0.1) is 0 Å². The Kier molecular flexibility index (Phi) is 7.71. The lowest BCUT2D eigenvalue weighted by Gasteiger charge is -2.11. The fraction of sp³-hybridized carbons (Fsp3) is 0.0833. The van der Waals surface area contributed by atoms with Gasteiger partial charge in [-0.3, -0.25) is 4.79 Å². The molecule has 1 amide bonds. The number of methoxy groups -OCH3 is 1. The number of nitrogens with zero attached hydrogens (tertiary/aromatic N) is 1. The first kappa shape index (κ1) is 22.4. The predicted octanol–water partition coefficient (Wildman–Crippen LogP) is 6.24. The summed E-state index contributed by atoms with van der Waals surface area (Å²) < 4.78 is 11.8. The number of nitrogens with one attached hydrogen (secondary N) is 1. The first-order chi connectivity index (χ1) is 15.0. The van der Waals surface area contributed by atoms with Crippen LogP contribution in [-0.4, -0.2) is 13.0 Å². The Morgan fingerprint density at radius 1 is 1.16 bits per heavy atom. The maximum Gasteiger partial charge on any atom is 0.266 e. The molecule has 0 saturated heterocycles. The van der Waals surface area contributed by atoms with Gasteiger partial charge in [-0.05, 0) is 54.6 Å². The highest BCUT2D eigenvalue weighted by molar-refractivity contribution is 9.10. The van der Waals surface area contributed by atoms with E-state index in [0.29, 0.717) is 27.8 Å². The van der Waals surface area contributed by atoms with Crippen LogP contribution in [-0.2, 0) is 11.4 Å². The lowest BCUT2D eigenvalue weighted by Crippen LogP contribution is -2.13. The fourth-order valence-electron chi connectivity index (χ4n) is 2.71. The Morgan fingerprint density at radius 3 is 2.58 bits per heavy atom. The van der Waals surface area contributed by atoms with Gasteiger partial charge in [0.25, 0.3) is 5.91 Å². The van der Waals surface area contributed by atoms with E-state index in [1.807, 2.05) is 30.3 Å². The van der Waals surface area contributed by atoms with Crippen molar-refractivity contribution < 1.29 is 14.3 Å². The van der Waals surface area contributed by atoms with E-state index in [1.54, 1.807) is 49.6 Å². The zero-order valence-electron chi connectivity index (χ0n) is 16.6. The smallest absolute Gasteiger partial charge is 0.266 e. The second kappa shape index (κ2) is 10.7. The van der Waals surface area contributed by atoms with Crippen molar-refractivity contribution in [2.24, 2.45) is 0 Å². The predicted molar refractivity (Wildman–Crippen MR) is 125 cm³/mol. The molecule has 3 aromatic rings. The molecule has 0 radical (unpaired) electrons. The van der Waals surface area contributed by atoms with Crippen molar-refractivity contribution in [3.63, 3.8) is 0 Å². The van der Waals surface area contributed by atoms with E-state index in [-0.39, 0.29) is 12.2 Å². The first-order valence-electron chi connectivity index (χ1n) is 9.23. The van der Waals surface area contributed by atoms with Gasteiger partial charge in [-0.1, -0.05) is 45.7 Å². The largest absolute Gasteiger partial charge is 0.497 e. The van der Waals surface area contributed by atoms with Crippen LogP contribution in [0.15, 0.2) is 76.8 Å². The van der Waals surface area contributed by atoms with Gasteiger partial charge in [0.2, 0.25) is 0 Å². The van der Waals surface area contributed by atoms with E-state index in [9.17, 15) is 10.1 Å². The number of hydrogen-bond donors (Lipinski definition) is 1. The minimum atomic E-state index is -0.523. The van der Waals surface area contributed by atoms with Crippen LogP contribution in [0.2, 0.25) is 5.02 Å². The van der Waals surface area contributed by atoms with Crippen LogP contribution < -0.4 is 14.8 Å². The zero-order valence-corrected chi connectivity index (χ0v) is 18.9. The molecular formula is C24H18BrClN2O3. The van der Waals surface area contributed by atoms with Crippen molar-refractivity contribution in [2.45, 2.75) is 6.61 Å². The summed E-state index contributed by atoms with van der Waals surface area (Å²) in [4.78, 5) is 12.6.